The number of ether oxygens (including phenoxy) is 1. The van der Waals surface area contributed by atoms with Crippen molar-refractivity contribution in [2.75, 3.05) is 4.43 Å². The highest BCUT2D eigenvalue weighted by atomic mass is 127. The molecule has 0 aromatic rings. The molecule has 2 rings (SSSR count). The van der Waals surface area contributed by atoms with Crippen molar-refractivity contribution in [3.63, 3.8) is 0 Å². The predicted octanol–water partition coefficient (Wildman–Crippen LogP) is 3.49. The molecule has 3 atom stereocenters. The van der Waals surface area contributed by atoms with Gasteiger partial charge in [0.05, 0.1) is 0 Å². The number of carbonyl (C=O) groups excluding carboxylic acids is 1. The molecule has 1 saturated carbocycles. The number of hydrogen-bond donors (Lipinski definition) is 0. The molecule has 1 aliphatic carbocycles. The van der Waals surface area contributed by atoms with Crippen LogP contribution in [0.1, 0.15) is 38.5 Å². The molecule has 0 N–H and O–H groups in total. The van der Waals surface area contributed by atoms with Crippen LogP contribution >= 0.6 is 22.6 Å². The third kappa shape index (κ3) is 2.03. The molecular weight excluding hydrogens is 315 g/mol. The van der Waals surface area contributed by atoms with Crippen molar-refractivity contribution < 1.29 is 9.53 Å². The molecule has 90 valence electrons. The molecule has 0 spiro atoms. The normalized spacial score (nSPS) is 38.7. The molecular formula is C13H19IO2. The molecule has 0 bridgehead atoms. The monoisotopic (exact) mass is 334 g/mol. The van der Waals surface area contributed by atoms with E-state index in [9.17, 15) is 4.79 Å². The zero-order chi connectivity index (χ0) is 11.6. The van der Waals surface area contributed by atoms with Gasteiger partial charge in [0.25, 0.3) is 0 Å². The summed E-state index contributed by atoms with van der Waals surface area (Å²) in [6.07, 6.45) is 8.28. The molecule has 3 heteroatoms. The predicted molar refractivity (Wildman–Crippen MR) is 72.6 cm³/mol. The minimum Gasteiger partial charge on any atom is -0.458 e. The molecule has 16 heavy (non-hydrogen) atoms. The van der Waals surface area contributed by atoms with Gasteiger partial charge in [-0.15, -0.1) is 6.58 Å². The summed E-state index contributed by atoms with van der Waals surface area (Å²) in [6, 6.07) is 0. The summed E-state index contributed by atoms with van der Waals surface area (Å²) in [5, 5.41) is 0. The van der Waals surface area contributed by atoms with Crippen LogP contribution in [-0.2, 0) is 9.53 Å². The molecule has 2 nitrogen and oxygen atoms in total. The van der Waals surface area contributed by atoms with Gasteiger partial charge >= 0.3 is 5.97 Å². The van der Waals surface area contributed by atoms with Gasteiger partial charge in [-0.25, -0.2) is 0 Å². The number of allylic oxidation sites excluding steroid dienone is 1. The van der Waals surface area contributed by atoms with Crippen LogP contribution in [0.3, 0.4) is 0 Å². The Hall–Kier alpha value is -0.0600. The highest BCUT2D eigenvalue weighted by molar-refractivity contribution is 14.1. The number of carbonyl (C=O) groups is 1. The Kier molecular flexibility index (Phi) is 3.93. The second-order valence-corrected chi connectivity index (χ2v) is 5.71. The molecule has 2 fully saturated rings. The quantitative estimate of drug-likeness (QED) is 0.342. The van der Waals surface area contributed by atoms with E-state index >= 15 is 0 Å². The van der Waals surface area contributed by atoms with E-state index in [0.717, 1.165) is 17.3 Å². The summed E-state index contributed by atoms with van der Waals surface area (Å²) >= 11 is 2.39. The van der Waals surface area contributed by atoms with Crippen molar-refractivity contribution in [1.82, 2.24) is 0 Å². The first kappa shape index (κ1) is 12.4. The lowest BCUT2D eigenvalue weighted by atomic mass is 9.65. The fraction of sp³-hybridized carbons (Fsp3) is 0.769. The largest absolute Gasteiger partial charge is 0.458 e. The van der Waals surface area contributed by atoms with Crippen molar-refractivity contribution in [3.05, 3.63) is 12.7 Å². The van der Waals surface area contributed by atoms with E-state index in [1.807, 2.05) is 6.08 Å². The zero-order valence-electron chi connectivity index (χ0n) is 9.58. The third-order valence-corrected chi connectivity index (χ3v) is 5.34. The summed E-state index contributed by atoms with van der Waals surface area (Å²) in [7, 11) is 0. The smallest absolute Gasteiger partial charge is 0.306 e. The molecule has 1 heterocycles. The Morgan fingerprint density at radius 2 is 2.31 bits per heavy atom. The fourth-order valence-corrected chi connectivity index (χ4v) is 4.71. The summed E-state index contributed by atoms with van der Waals surface area (Å²) in [5.41, 5.74) is -0.178. The van der Waals surface area contributed by atoms with E-state index in [0.29, 0.717) is 18.3 Å². The van der Waals surface area contributed by atoms with Crippen LogP contribution in [-0.4, -0.2) is 16.0 Å². The van der Waals surface area contributed by atoms with Crippen LogP contribution in [0.25, 0.3) is 0 Å². The van der Waals surface area contributed by atoms with E-state index in [4.69, 9.17) is 4.74 Å². The molecule has 0 aromatic heterocycles. The van der Waals surface area contributed by atoms with Crippen molar-refractivity contribution in [2.24, 2.45) is 11.8 Å². The summed E-state index contributed by atoms with van der Waals surface area (Å²) < 4.78 is 6.73. The van der Waals surface area contributed by atoms with E-state index < -0.39 is 0 Å². The Labute approximate surface area is 111 Å². The van der Waals surface area contributed by atoms with Gasteiger partial charge < -0.3 is 4.74 Å². The highest BCUT2D eigenvalue weighted by Crippen LogP contribution is 2.48. The second-order valence-electron chi connectivity index (χ2n) is 4.95. The number of alkyl halides is 1. The Morgan fingerprint density at radius 1 is 1.50 bits per heavy atom. The minimum absolute atomic E-state index is 0.00359. The lowest BCUT2D eigenvalue weighted by molar-refractivity contribution is -0.187. The standard InChI is InChI=1S/C13H19IO2/c1-2-4-10-5-3-6-11-7-8-12(15)16-13(10,11)9-14/h2,10-11H,1,3-9H2/t10-,11+,13+/m1/s1. The van der Waals surface area contributed by atoms with Crippen molar-refractivity contribution >= 4 is 28.6 Å². The highest BCUT2D eigenvalue weighted by Gasteiger charge is 2.51. The fourth-order valence-electron chi connectivity index (χ4n) is 3.31. The number of halogens is 1. The number of esters is 1. The van der Waals surface area contributed by atoms with Gasteiger partial charge in [0, 0.05) is 22.7 Å². The maximum Gasteiger partial charge on any atom is 0.306 e. The number of fused-ring (bicyclic) bond motifs is 1. The summed E-state index contributed by atoms with van der Waals surface area (Å²) in [6.45, 7) is 3.83. The number of hydrogen-bond acceptors (Lipinski definition) is 2. The molecule has 0 amide bonds. The minimum atomic E-state index is -0.178. The van der Waals surface area contributed by atoms with Crippen LogP contribution in [0.5, 0.6) is 0 Å². The van der Waals surface area contributed by atoms with E-state index in [1.165, 1.54) is 19.3 Å². The molecule has 1 saturated heterocycles. The average Bonchev–Trinajstić information content (AvgIpc) is 2.30. The van der Waals surface area contributed by atoms with Gasteiger partial charge in [-0.1, -0.05) is 35.1 Å². The topological polar surface area (TPSA) is 26.3 Å². The SMILES string of the molecule is C=CC[C@@H]1CCC[C@H]2CCC(=O)O[C@]21CI. The average molecular weight is 334 g/mol. The van der Waals surface area contributed by atoms with Gasteiger partial charge in [0.2, 0.25) is 0 Å². The van der Waals surface area contributed by atoms with Crippen LogP contribution in [0.2, 0.25) is 0 Å². The second kappa shape index (κ2) is 5.07. The van der Waals surface area contributed by atoms with Crippen molar-refractivity contribution in [2.45, 2.75) is 44.1 Å². The maximum absolute atomic E-state index is 11.6. The first-order valence-electron chi connectivity index (χ1n) is 6.11. The Balaban J connectivity index is 2.25. The van der Waals surface area contributed by atoms with Gasteiger partial charge in [-0.2, -0.15) is 0 Å². The zero-order valence-corrected chi connectivity index (χ0v) is 11.7. The molecule has 0 radical (unpaired) electrons. The van der Waals surface area contributed by atoms with E-state index in [-0.39, 0.29) is 11.6 Å². The third-order valence-electron chi connectivity index (χ3n) is 4.15. The number of rotatable bonds is 3. The Bertz CT molecular complexity index is 290. The molecule has 2 aliphatic rings. The molecule has 0 aromatic carbocycles. The van der Waals surface area contributed by atoms with Crippen LogP contribution < -0.4 is 0 Å². The van der Waals surface area contributed by atoms with Crippen molar-refractivity contribution in [3.8, 4) is 0 Å². The first-order valence-corrected chi connectivity index (χ1v) is 7.64. The van der Waals surface area contributed by atoms with Crippen LogP contribution in [0.4, 0.5) is 0 Å². The van der Waals surface area contributed by atoms with Gasteiger partial charge in [-0.3, -0.25) is 4.79 Å². The van der Waals surface area contributed by atoms with E-state index in [2.05, 4.69) is 29.2 Å². The van der Waals surface area contributed by atoms with Gasteiger partial charge in [0.1, 0.15) is 5.60 Å². The maximum atomic E-state index is 11.6. The first-order chi connectivity index (χ1) is 7.73. The van der Waals surface area contributed by atoms with Crippen LogP contribution in [0, 0.1) is 11.8 Å². The molecule has 1 aliphatic heterocycles. The lowest BCUT2D eigenvalue weighted by Crippen LogP contribution is -2.55. The van der Waals surface area contributed by atoms with Crippen molar-refractivity contribution in [1.29, 1.82) is 0 Å². The Morgan fingerprint density at radius 3 is 3.00 bits per heavy atom. The van der Waals surface area contributed by atoms with Crippen LogP contribution in [0.15, 0.2) is 12.7 Å². The summed E-state index contributed by atoms with van der Waals surface area (Å²) in [5.74, 6) is 1.08. The molecule has 0 unspecified atom stereocenters. The van der Waals surface area contributed by atoms with Gasteiger partial charge in [-0.05, 0) is 25.7 Å². The van der Waals surface area contributed by atoms with Gasteiger partial charge in [0.15, 0.2) is 0 Å². The van der Waals surface area contributed by atoms with E-state index in [1.54, 1.807) is 0 Å². The summed E-state index contributed by atoms with van der Waals surface area (Å²) in [4.78, 5) is 11.6. The lowest BCUT2D eigenvalue weighted by Gasteiger charge is -2.50.